The minimum Gasteiger partial charge on any atom is -0.378 e. The maximum atomic E-state index is 5.61. The zero-order chi connectivity index (χ0) is 13.3. The van der Waals surface area contributed by atoms with Crippen molar-refractivity contribution in [3.05, 3.63) is 0 Å². The summed E-state index contributed by atoms with van der Waals surface area (Å²) in [5, 5.41) is 4.94. The first-order valence-electron chi connectivity index (χ1n) is 7.74. The van der Waals surface area contributed by atoms with E-state index in [0.29, 0.717) is 17.6 Å². The Bertz CT molecular complexity index is 360. The molecule has 1 aliphatic carbocycles. The molecule has 3 fully saturated rings. The molecule has 19 heavy (non-hydrogen) atoms. The maximum absolute atomic E-state index is 5.61. The minimum atomic E-state index is 0.360. The third-order valence-corrected chi connectivity index (χ3v) is 6.15. The standard InChI is InChI=1S/C15H26N2OS/c1-11-4-3-6-15(8-11)10-19-14(17-15)16-9-13-5-7-18-12(13)2/h11-13H,3-10H2,1-2H3,(H,16,17). The Hall–Kier alpha value is -0.220. The van der Waals surface area contributed by atoms with Crippen LogP contribution in [0.3, 0.4) is 0 Å². The van der Waals surface area contributed by atoms with Crippen LogP contribution in [0.5, 0.6) is 0 Å². The Morgan fingerprint density at radius 3 is 3.05 bits per heavy atom. The maximum Gasteiger partial charge on any atom is 0.157 e. The summed E-state index contributed by atoms with van der Waals surface area (Å²) in [7, 11) is 0. The van der Waals surface area contributed by atoms with Crippen molar-refractivity contribution in [2.24, 2.45) is 16.8 Å². The Morgan fingerprint density at radius 1 is 1.42 bits per heavy atom. The third-order valence-electron chi connectivity index (χ3n) is 4.95. The van der Waals surface area contributed by atoms with E-state index >= 15 is 0 Å². The van der Waals surface area contributed by atoms with Crippen LogP contribution in [-0.2, 0) is 4.74 Å². The van der Waals surface area contributed by atoms with Gasteiger partial charge in [-0.25, -0.2) is 0 Å². The summed E-state index contributed by atoms with van der Waals surface area (Å²) in [6.07, 6.45) is 6.98. The first-order valence-corrected chi connectivity index (χ1v) is 8.72. The van der Waals surface area contributed by atoms with Crippen LogP contribution in [0.4, 0.5) is 0 Å². The quantitative estimate of drug-likeness (QED) is 0.845. The molecule has 4 heteroatoms. The van der Waals surface area contributed by atoms with Crippen LogP contribution in [0.2, 0.25) is 0 Å². The van der Waals surface area contributed by atoms with E-state index in [1.807, 2.05) is 11.8 Å². The van der Waals surface area contributed by atoms with E-state index in [1.54, 1.807) is 0 Å². The summed E-state index contributed by atoms with van der Waals surface area (Å²) >= 11 is 1.93. The summed E-state index contributed by atoms with van der Waals surface area (Å²) in [6, 6.07) is 0. The number of hydrogen-bond donors (Lipinski definition) is 1. The van der Waals surface area contributed by atoms with Gasteiger partial charge in [-0.3, -0.25) is 4.99 Å². The van der Waals surface area contributed by atoms with Gasteiger partial charge in [0.05, 0.1) is 6.10 Å². The number of thioether (sulfide) groups is 1. The van der Waals surface area contributed by atoms with Gasteiger partial charge >= 0.3 is 0 Å². The molecule has 0 aromatic carbocycles. The largest absolute Gasteiger partial charge is 0.378 e. The third kappa shape index (κ3) is 3.10. The van der Waals surface area contributed by atoms with Crippen molar-refractivity contribution < 1.29 is 4.74 Å². The summed E-state index contributed by atoms with van der Waals surface area (Å²) in [4.78, 5) is 4.82. The molecule has 2 saturated heterocycles. The molecule has 0 bridgehead atoms. The lowest BCUT2D eigenvalue weighted by atomic mass is 9.78. The molecule has 2 heterocycles. The molecule has 0 radical (unpaired) electrons. The van der Waals surface area contributed by atoms with Crippen LogP contribution in [0.1, 0.15) is 46.0 Å². The number of hydrogen-bond acceptors (Lipinski definition) is 3. The monoisotopic (exact) mass is 282 g/mol. The van der Waals surface area contributed by atoms with Gasteiger partial charge in [0.15, 0.2) is 5.17 Å². The molecule has 0 aromatic rings. The molecule has 4 unspecified atom stereocenters. The molecule has 0 aromatic heterocycles. The van der Waals surface area contributed by atoms with E-state index in [0.717, 1.165) is 19.1 Å². The second-order valence-corrected chi connectivity index (χ2v) is 7.63. The SMILES string of the molecule is CC1CCCC2(CSC(=NCC3CCOC3C)N2)C1. The van der Waals surface area contributed by atoms with E-state index in [4.69, 9.17) is 9.73 Å². The highest BCUT2D eigenvalue weighted by Crippen LogP contribution is 2.38. The van der Waals surface area contributed by atoms with Gasteiger partial charge in [-0.05, 0) is 32.1 Å². The van der Waals surface area contributed by atoms with Crippen LogP contribution in [0.25, 0.3) is 0 Å². The molecule has 4 atom stereocenters. The van der Waals surface area contributed by atoms with Gasteiger partial charge in [0.2, 0.25) is 0 Å². The van der Waals surface area contributed by atoms with Crippen molar-refractivity contribution >= 4 is 16.9 Å². The highest BCUT2D eigenvalue weighted by molar-refractivity contribution is 8.14. The van der Waals surface area contributed by atoms with Crippen LogP contribution in [0, 0.1) is 11.8 Å². The van der Waals surface area contributed by atoms with Crippen molar-refractivity contribution in [2.75, 3.05) is 18.9 Å². The zero-order valence-electron chi connectivity index (χ0n) is 12.2. The fourth-order valence-electron chi connectivity index (χ4n) is 3.71. The molecule has 2 aliphatic heterocycles. The number of aliphatic imine (C=N–C) groups is 1. The Balaban J connectivity index is 1.56. The van der Waals surface area contributed by atoms with E-state index in [9.17, 15) is 0 Å². The van der Waals surface area contributed by atoms with Gasteiger partial charge in [-0.1, -0.05) is 31.5 Å². The lowest BCUT2D eigenvalue weighted by Crippen LogP contribution is -2.47. The smallest absolute Gasteiger partial charge is 0.157 e. The first kappa shape index (κ1) is 13.7. The van der Waals surface area contributed by atoms with Gasteiger partial charge in [-0.2, -0.15) is 0 Å². The first-order chi connectivity index (χ1) is 9.17. The number of nitrogens with one attached hydrogen (secondary N) is 1. The average molecular weight is 282 g/mol. The second-order valence-electron chi connectivity index (χ2n) is 6.67. The molecule has 1 spiro atoms. The summed E-state index contributed by atoms with van der Waals surface area (Å²) in [5.74, 6) is 2.70. The fraction of sp³-hybridized carbons (Fsp3) is 0.933. The van der Waals surface area contributed by atoms with Gasteiger partial charge in [0, 0.05) is 30.4 Å². The predicted octanol–water partition coefficient (Wildman–Crippen LogP) is 3.05. The van der Waals surface area contributed by atoms with Crippen molar-refractivity contribution in [1.29, 1.82) is 0 Å². The zero-order valence-corrected chi connectivity index (χ0v) is 13.0. The van der Waals surface area contributed by atoms with Crippen molar-refractivity contribution in [1.82, 2.24) is 5.32 Å². The summed E-state index contributed by atoms with van der Waals surface area (Å²) in [6.45, 7) is 6.41. The minimum absolute atomic E-state index is 0.360. The Kier molecular flexibility index (Phi) is 4.08. The molecule has 1 saturated carbocycles. The van der Waals surface area contributed by atoms with E-state index in [1.165, 1.54) is 43.0 Å². The highest BCUT2D eigenvalue weighted by atomic mass is 32.2. The van der Waals surface area contributed by atoms with Gasteiger partial charge < -0.3 is 10.1 Å². The normalized spacial score (nSPS) is 44.9. The van der Waals surface area contributed by atoms with Gasteiger partial charge in [0.25, 0.3) is 0 Å². The molecular formula is C15H26N2OS. The summed E-state index contributed by atoms with van der Waals surface area (Å²) in [5.41, 5.74) is 0.360. The second kappa shape index (κ2) is 5.65. The van der Waals surface area contributed by atoms with E-state index in [2.05, 4.69) is 19.2 Å². The van der Waals surface area contributed by atoms with E-state index in [-0.39, 0.29) is 0 Å². The number of nitrogens with zero attached hydrogens (tertiary/aromatic N) is 1. The van der Waals surface area contributed by atoms with Crippen molar-refractivity contribution in [3.63, 3.8) is 0 Å². The summed E-state index contributed by atoms with van der Waals surface area (Å²) < 4.78 is 5.61. The highest BCUT2D eigenvalue weighted by Gasteiger charge is 2.40. The molecular weight excluding hydrogens is 256 g/mol. The van der Waals surface area contributed by atoms with Crippen LogP contribution in [-0.4, -0.2) is 35.7 Å². The average Bonchev–Trinajstić information content (AvgIpc) is 2.94. The van der Waals surface area contributed by atoms with Crippen LogP contribution < -0.4 is 5.32 Å². The Morgan fingerprint density at radius 2 is 2.32 bits per heavy atom. The van der Waals surface area contributed by atoms with Crippen molar-refractivity contribution in [3.8, 4) is 0 Å². The molecule has 0 amide bonds. The predicted molar refractivity (Wildman–Crippen MR) is 81.8 cm³/mol. The fourth-order valence-corrected chi connectivity index (χ4v) is 4.91. The van der Waals surface area contributed by atoms with Crippen LogP contribution >= 0.6 is 11.8 Å². The number of rotatable bonds is 2. The van der Waals surface area contributed by atoms with Gasteiger partial charge in [-0.15, -0.1) is 0 Å². The topological polar surface area (TPSA) is 33.6 Å². The number of ether oxygens (including phenoxy) is 1. The number of amidine groups is 1. The van der Waals surface area contributed by atoms with Gasteiger partial charge in [0.1, 0.15) is 0 Å². The molecule has 3 rings (SSSR count). The van der Waals surface area contributed by atoms with Crippen molar-refractivity contribution in [2.45, 2.75) is 57.6 Å². The lowest BCUT2D eigenvalue weighted by molar-refractivity contribution is 0.107. The Labute approximate surface area is 121 Å². The molecule has 108 valence electrons. The lowest BCUT2D eigenvalue weighted by Gasteiger charge is -2.36. The molecule has 3 nitrogen and oxygen atoms in total. The molecule has 3 aliphatic rings. The van der Waals surface area contributed by atoms with E-state index < -0.39 is 0 Å². The molecule has 1 N–H and O–H groups in total. The van der Waals surface area contributed by atoms with Crippen LogP contribution in [0.15, 0.2) is 4.99 Å².